The molecule has 1 rings (SSSR count). The van der Waals surface area contributed by atoms with E-state index in [1.54, 1.807) is 7.05 Å². The van der Waals surface area contributed by atoms with Crippen molar-refractivity contribution in [3.8, 4) is 0 Å². The van der Waals surface area contributed by atoms with Crippen LogP contribution in [0.25, 0.3) is 0 Å². The van der Waals surface area contributed by atoms with Gasteiger partial charge in [0.05, 0.1) is 0 Å². The predicted octanol–water partition coefficient (Wildman–Crippen LogP) is 2.35. The molecule has 5 heteroatoms. The number of amides is 2. The average Bonchev–Trinajstić information content (AvgIpc) is 2.35. The highest BCUT2D eigenvalue weighted by molar-refractivity contribution is 5.95. The van der Waals surface area contributed by atoms with Crippen molar-refractivity contribution in [3.05, 3.63) is 29.8 Å². The standard InChI is InChI=1S/C14H20N2O3/c1-10-7-6-8-11(9-10)15(4)13(19)16(5)14(2,3)12(17)18/h6-9H,1-5H3,(H,17,18). The predicted molar refractivity (Wildman–Crippen MR) is 74.5 cm³/mol. The Morgan fingerprint density at radius 3 is 2.26 bits per heavy atom. The Hall–Kier alpha value is -2.04. The number of rotatable bonds is 3. The molecule has 0 saturated carbocycles. The molecule has 2 amide bonds. The van der Waals surface area contributed by atoms with E-state index in [0.29, 0.717) is 0 Å². The second kappa shape index (κ2) is 5.30. The monoisotopic (exact) mass is 264 g/mol. The van der Waals surface area contributed by atoms with Crippen molar-refractivity contribution in [3.63, 3.8) is 0 Å². The first-order valence-corrected chi connectivity index (χ1v) is 5.99. The molecule has 1 aromatic carbocycles. The second-order valence-electron chi connectivity index (χ2n) is 5.10. The third kappa shape index (κ3) is 3.05. The second-order valence-corrected chi connectivity index (χ2v) is 5.10. The third-order valence-corrected chi connectivity index (χ3v) is 3.32. The zero-order chi connectivity index (χ0) is 14.8. The summed E-state index contributed by atoms with van der Waals surface area (Å²) in [6.45, 7) is 4.93. The molecule has 0 spiro atoms. The molecular weight excluding hydrogens is 244 g/mol. The normalized spacial score (nSPS) is 11.0. The highest BCUT2D eigenvalue weighted by atomic mass is 16.4. The van der Waals surface area contributed by atoms with E-state index >= 15 is 0 Å². The van der Waals surface area contributed by atoms with E-state index in [1.807, 2.05) is 31.2 Å². The van der Waals surface area contributed by atoms with Gasteiger partial charge in [-0.3, -0.25) is 4.90 Å². The third-order valence-electron chi connectivity index (χ3n) is 3.32. The average molecular weight is 264 g/mol. The van der Waals surface area contributed by atoms with Crippen molar-refractivity contribution in [2.45, 2.75) is 26.3 Å². The Balaban J connectivity index is 2.98. The van der Waals surface area contributed by atoms with Gasteiger partial charge in [-0.15, -0.1) is 0 Å². The van der Waals surface area contributed by atoms with Crippen LogP contribution in [0.4, 0.5) is 10.5 Å². The van der Waals surface area contributed by atoms with Crippen LogP contribution >= 0.6 is 0 Å². The van der Waals surface area contributed by atoms with Gasteiger partial charge in [-0.25, -0.2) is 9.59 Å². The number of nitrogens with zero attached hydrogens (tertiary/aromatic N) is 2. The molecule has 0 aliphatic heterocycles. The highest BCUT2D eigenvalue weighted by Gasteiger charge is 2.36. The molecule has 0 radical (unpaired) electrons. The Bertz CT molecular complexity index is 497. The molecular formula is C14H20N2O3. The minimum Gasteiger partial charge on any atom is -0.480 e. The van der Waals surface area contributed by atoms with E-state index < -0.39 is 11.5 Å². The quantitative estimate of drug-likeness (QED) is 0.911. The van der Waals surface area contributed by atoms with Gasteiger partial charge in [-0.05, 0) is 38.5 Å². The SMILES string of the molecule is Cc1cccc(N(C)C(=O)N(C)C(C)(C)C(=O)O)c1. The number of aryl methyl sites for hydroxylation is 1. The zero-order valence-electron chi connectivity index (χ0n) is 12.0. The molecule has 1 N–H and O–H groups in total. The van der Waals surface area contributed by atoms with Crippen LogP contribution in [0.2, 0.25) is 0 Å². The minimum absolute atomic E-state index is 0.363. The van der Waals surface area contributed by atoms with Crippen molar-refractivity contribution in [2.75, 3.05) is 19.0 Å². The van der Waals surface area contributed by atoms with Gasteiger partial charge in [-0.1, -0.05) is 12.1 Å². The van der Waals surface area contributed by atoms with Crippen LogP contribution in [0.3, 0.4) is 0 Å². The van der Waals surface area contributed by atoms with Crippen LogP contribution < -0.4 is 4.90 Å². The molecule has 19 heavy (non-hydrogen) atoms. The summed E-state index contributed by atoms with van der Waals surface area (Å²) in [5, 5.41) is 9.14. The fraction of sp³-hybridized carbons (Fsp3) is 0.429. The van der Waals surface area contributed by atoms with Crippen LogP contribution in [0.1, 0.15) is 19.4 Å². The van der Waals surface area contributed by atoms with Gasteiger partial charge in [0.2, 0.25) is 0 Å². The Morgan fingerprint density at radius 1 is 1.21 bits per heavy atom. The topological polar surface area (TPSA) is 60.9 Å². The number of carboxylic acid groups (broad SMARTS) is 1. The number of benzene rings is 1. The lowest BCUT2D eigenvalue weighted by Crippen LogP contribution is -2.54. The molecule has 0 saturated heterocycles. The molecule has 5 nitrogen and oxygen atoms in total. The van der Waals surface area contributed by atoms with E-state index in [4.69, 9.17) is 5.11 Å². The van der Waals surface area contributed by atoms with Gasteiger partial charge in [0.1, 0.15) is 5.54 Å². The first-order valence-electron chi connectivity index (χ1n) is 5.99. The van der Waals surface area contributed by atoms with Crippen LogP contribution in [0.15, 0.2) is 24.3 Å². The molecule has 0 aliphatic rings. The molecule has 0 atom stereocenters. The molecule has 0 aromatic heterocycles. The van der Waals surface area contributed by atoms with Gasteiger partial charge < -0.3 is 10.0 Å². The van der Waals surface area contributed by atoms with Gasteiger partial charge in [-0.2, -0.15) is 0 Å². The van der Waals surface area contributed by atoms with Gasteiger partial charge in [0.25, 0.3) is 0 Å². The lowest BCUT2D eigenvalue weighted by atomic mass is 10.0. The number of urea groups is 1. The van der Waals surface area contributed by atoms with Gasteiger partial charge in [0.15, 0.2) is 0 Å². The molecule has 0 heterocycles. The number of carbonyl (C=O) groups excluding carboxylic acids is 1. The molecule has 0 aliphatic carbocycles. The molecule has 0 bridgehead atoms. The van der Waals surface area contributed by atoms with E-state index in [1.165, 1.54) is 30.7 Å². The summed E-state index contributed by atoms with van der Waals surface area (Å²) in [6.07, 6.45) is 0. The van der Waals surface area contributed by atoms with Crippen molar-refractivity contribution in [1.29, 1.82) is 0 Å². The lowest BCUT2D eigenvalue weighted by Gasteiger charge is -2.34. The summed E-state index contributed by atoms with van der Waals surface area (Å²) in [6, 6.07) is 7.12. The first-order chi connectivity index (χ1) is 8.67. The van der Waals surface area contributed by atoms with Crippen molar-refractivity contribution < 1.29 is 14.7 Å². The number of carboxylic acids is 1. The summed E-state index contributed by atoms with van der Waals surface area (Å²) >= 11 is 0. The van der Waals surface area contributed by atoms with E-state index in [-0.39, 0.29) is 6.03 Å². The summed E-state index contributed by atoms with van der Waals surface area (Å²) in [5.74, 6) is -1.04. The molecule has 1 aromatic rings. The van der Waals surface area contributed by atoms with E-state index in [0.717, 1.165) is 11.3 Å². The zero-order valence-corrected chi connectivity index (χ0v) is 12.0. The first kappa shape index (κ1) is 15.0. The van der Waals surface area contributed by atoms with Crippen LogP contribution in [0, 0.1) is 6.92 Å². The Kier molecular flexibility index (Phi) is 4.19. The smallest absolute Gasteiger partial charge is 0.329 e. The summed E-state index contributed by atoms with van der Waals surface area (Å²) in [7, 11) is 3.12. The van der Waals surface area contributed by atoms with Gasteiger partial charge in [0, 0.05) is 19.8 Å². The maximum atomic E-state index is 12.3. The van der Waals surface area contributed by atoms with E-state index in [2.05, 4.69) is 0 Å². The maximum absolute atomic E-state index is 12.3. The minimum atomic E-state index is -1.25. The largest absolute Gasteiger partial charge is 0.480 e. The van der Waals surface area contributed by atoms with Crippen molar-refractivity contribution in [1.82, 2.24) is 4.90 Å². The number of likely N-dealkylation sites (N-methyl/N-ethyl adjacent to an activating group) is 1. The van der Waals surface area contributed by atoms with E-state index in [9.17, 15) is 9.59 Å². The van der Waals surface area contributed by atoms with Crippen LogP contribution in [0.5, 0.6) is 0 Å². The van der Waals surface area contributed by atoms with Crippen LogP contribution in [-0.2, 0) is 4.79 Å². The maximum Gasteiger partial charge on any atom is 0.329 e. The Labute approximate surface area is 113 Å². The van der Waals surface area contributed by atoms with Gasteiger partial charge >= 0.3 is 12.0 Å². The van der Waals surface area contributed by atoms with Crippen LogP contribution in [-0.4, -0.2) is 41.6 Å². The number of carbonyl (C=O) groups is 2. The summed E-state index contributed by atoms with van der Waals surface area (Å²) in [5.41, 5.74) is 0.519. The number of aliphatic carboxylic acids is 1. The number of hydrogen-bond acceptors (Lipinski definition) is 2. The highest BCUT2D eigenvalue weighted by Crippen LogP contribution is 2.19. The summed E-state index contributed by atoms with van der Waals surface area (Å²) < 4.78 is 0. The number of anilines is 1. The van der Waals surface area contributed by atoms with Crippen molar-refractivity contribution in [2.24, 2.45) is 0 Å². The molecule has 0 unspecified atom stereocenters. The molecule has 0 fully saturated rings. The fourth-order valence-electron chi connectivity index (χ4n) is 1.55. The van der Waals surface area contributed by atoms with Crippen molar-refractivity contribution >= 4 is 17.7 Å². The summed E-state index contributed by atoms with van der Waals surface area (Å²) in [4.78, 5) is 26.1. The molecule has 104 valence electrons. The Morgan fingerprint density at radius 2 is 1.79 bits per heavy atom. The number of hydrogen-bond donors (Lipinski definition) is 1. The fourth-order valence-corrected chi connectivity index (χ4v) is 1.55. The lowest BCUT2D eigenvalue weighted by molar-refractivity contribution is -0.146.